The minimum atomic E-state index is -3.24. The second-order valence-corrected chi connectivity index (χ2v) is 10.4. The molecule has 2 fully saturated rings. The van der Waals surface area contributed by atoms with E-state index < -0.39 is 21.8 Å². The second kappa shape index (κ2) is 9.55. The van der Waals surface area contributed by atoms with Crippen LogP contribution in [0.15, 0.2) is 53.4 Å². The number of anilines is 2. The Labute approximate surface area is 198 Å². The molecule has 2 aliphatic rings. The summed E-state index contributed by atoms with van der Waals surface area (Å²) in [6, 6.07) is 12.5. The number of amides is 2. The maximum absolute atomic E-state index is 13.1. The van der Waals surface area contributed by atoms with Crippen LogP contribution in [0.4, 0.5) is 11.4 Å². The van der Waals surface area contributed by atoms with E-state index in [2.05, 4.69) is 4.90 Å². The average Bonchev–Trinajstić information content (AvgIpc) is 3.12. The van der Waals surface area contributed by atoms with E-state index in [-0.39, 0.29) is 29.7 Å². The van der Waals surface area contributed by atoms with Crippen molar-refractivity contribution in [1.82, 2.24) is 4.90 Å². The van der Waals surface area contributed by atoms with Gasteiger partial charge in [0.2, 0.25) is 5.91 Å². The smallest absolute Gasteiger partial charge is 0.338 e. The topological polar surface area (TPSA) is 104 Å². The van der Waals surface area contributed by atoms with Crippen LogP contribution in [-0.2, 0) is 24.2 Å². The monoisotopic (exact) mass is 485 g/mol. The Balaban J connectivity index is 1.39. The Bertz CT molecular complexity index is 1190. The molecule has 2 heterocycles. The molecule has 2 amide bonds. The first-order valence-electron chi connectivity index (χ1n) is 11.1. The standard InChI is InChI=1S/C24H27N3O6S/c1-3-33-24(30)17-4-6-19(7-5-17)27-22(28)16-21(23(27)29)26-14-12-25(13-15-26)18-8-10-20(11-9-18)34(2,31)32/h4-11,21H,3,12-16H2,1-2H3/t21-/m0/s1. The van der Waals surface area contributed by atoms with Crippen molar-refractivity contribution >= 4 is 39.0 Å². The fraction of sp³-hybridized carbons (Fsp3) is 0.375. The highest BCUT2D eigenvalue weighted by atomic mass is 32.2. The molecular weight excluding hydrogens is 458 g/mol. The van der Waals surface area contributed by atoms with Crippen molar-refractivity contribution in [3.05, 3.63) is 54.1 Å². The second-order valence-electron chi connectivity index (χ2n) is 8.34. The minimum absolute atomic E-state index is 0.113. The molecule has 0 spiro atoms. The lowest BCUT2D eigenvalue weighted by molar-refractivity contribution is -0.123. The molecule has 0 N–H and O–H groups in total. The van der Waals surface area contributed by atoms with Crippen LogP contribution in [0.2, 0.25) is 0 Å². The van der Waals surface area contributed by atoms with Crippen molar-refractivity contribution in [3.8, 4) is 0 Å². The zero-order valence-corrected chi connectivity index (χ0v) is 20.0. The van der Waals surface area contributed by atoms with E-state index in [0.29, 0.717) is 37.4 Å². The Morgan fingerprint density at radius 2 is 1.53 bits per heavy atom. The molecule has 0 aliphatic carbocycles. The van der Waals surface area contributed by atoms with Gasteiger partial charge in [0, 0.05) is 38.1 Å². The SMILES string of the molecule is CCOC(=O)c1ccc(N2C(=O)C[C@H](N3CCN(c4ccc(S(C)(=O)=O)cc4)CC3)C2=O)cc1. The first-order valence-corrected chi connectivity index (χ1v) is 13.0. The summed E-state index contributed by atoms with van der Waals surface area (Å²) >= 11 is 0. The number of carbonyl (C=O) groups excluding carboxylic acids is 3. The third-order valence-corrected chi connectivity index (χ3v) is 7.27. The third kappa shape index (κ3) is 4.83. The number of esters is 1. The number of hydrogen-bond donors (Lipinski definition) is 0. The molecule has 0 radical (unpaired) electrons. The number of hydrogen-bond acceptors (Lipinski definition) is 8. The van der Waals surface area contributed by atoms with Crippen molar-refractivity contribution in [1.29, 1.82) is 0 Å². The average molecular weight is 486 g/mol. The third-order valence-electron chi connectivity index (χ3n) is 6.14. The molecule has 34 heavy (non-hydrogen) atoms. The van der Waals surface area contributed by atoms with Gasteiger partial charge in [0.25, 0.3) is 5.91 Å². The van der Waals surface area contributed by atoms with Gasteiger partial charge in [0.1, 0.15) is 0 Å². The summed E-state index contributed by atoms with van der Waals surface area (Å²) in [7, 11) is -3.24. The van der Waals surface area contributed by atoms with Crippen molar-refractivity contribution in [3.63, 3.8) is 0 Å². The normalized spacial score (nSPS) is 19.5. The lowest BCUT2D eigenvalue weighted by atomic mass is 10.1. The number of piperazine rings is 1. The Hall–Kier alpha value is -3.24. The predicted octanol–water partition coefficient (Wildman–Crippen LogP) is 1.72. The van der Waals surface area contributed by atoms with Crippen molar-refractivity contribution in [2.24, 2.45) is 0 Å². The Morgan fingerprint density at radius 3 is 2.09 bits per heavy atom. The van der Waals surface area contributed by atoms with Gasteiger partial charge >= 0.3 is 5.97 Å². The van der Waals surface area contributed by atoms with Crippen molar-refractivity contribution < 1.29 is 27.5 Å². The van der Waals surface area contributed by atoms with Gasteiger partial charge in [-0.3, -0.25) is 14.5 Å². The highest BCUT2D eigenvalue weighted by Crippen LogP contribution is 2.28. The molecule has 9 nitrogen and oxygen atoms in total. The summed E-state index contributed by atoms with van der Waals surface area (Å²) in [6.45, 7) is 4.52. The van der Waals surface area contributed by atoms with E-state index in [1.165, 1.54) is 11.2 Å². The first-order chi connectivity index (χ1) is 16.2. The zero-order chi connectivity index (χ0) is 24.5. The summed E-state index contributed by atoms with van der Waals surface area (Å²) in [4.78, 5) is 43.3. The molecule has 180 valence electrons. The highest BCUT2D eigenvalue weighted by Gasteiger charge is 2.43. The molecule has 0 bridgehead atoms. The molecule has 2 aliphatic heterocycles. The van der Waals surface area contributed by atoms with E-state index in [0.717, 1.165) is 5.69 Å². The van der Waals surface area contributed by atoms with E-state index in [4.69, 9.17) is 4.74 Å². The minimum Gasteiger partial charge on any atom is -0.462 e. The number of rotatable bonds is 6. The van der Waals surface area contributed by atoms with E-state index in [1.54, 1.807) is 55.5 Å². The maximum atomic E-state index is 13.1. The van der Waals surface area contributed by atoms with Crippen LogP contribution in [0.1, 0.15) is 23.7 Å². The van der Waals surface area contributed by atoms with Gasteiger partial charge in [0.05, 0.1) is 35.2 Å². The van der Waals surface area contributed by atoms with E-state index >= 15 is 0 Å². The fourth-order valence-electron chi connectivity index (χ4n) is 4.33. The van der Waals surface area contributed by atoms with Crippen LogP contribution in [0.3, 0.4) is 0 Å². The quantitative estimate of drug-likeness (QED) is 0.450. The molecule has 1 atom stereocenters. The highest BCUT2D eigenvalue weighted by molar-refractivity contribution is 7.90. The van der Waals surface area contributed by atoms with Crippen LogP contribution in [0.5, 0.6) is 0 Å². The number of carbonyl (C=O) groups is 3. The summed E-state index contributed by atoms with van der Waals surface area (Å²) in [5, 5.41) is 0. The predicted molar refractivity (Wildman–Crippen MR) is 127 cm³/mol. The molecule has 2 saturated heterocycles. The van der Waals surface area contributed by atoms with Crippen LogP contribution < -0.4 is 9.80 Å². The van der Waals surface area contributed by atoms with E-state index in [1.807, 2.05) is 4.90 Å². The van der Waals surface area contributed by atoms with Gasteiger partial charge in [-0.1, -0.05) is 0 Å². The van der Waals surface area contributed by atoms with Gasteiger partial charge in [-0.05, 0) is 55.5 Å². The summed E-state index contributed by atoms with van der Waals surface area (Å²) in [6.07, 6.45) is 1.29. The van der Waals surface area contributed by atoms with Gasteiger partial charge in [-0.2, -0.15) is 0 Å². The molecule has 2 aromatic rings. The Kier molecular flexibility index (Phi) is 6.72. The lowest BCUT2D eigenvalue weighted by Crippen LogP contribution is -2.52. The number of nitrogens with zero attached hydrogens (tertiary/aromatic N) is 3. The zero-order valence-electron chi connectivity index (χ0n) is 19.1. The number of benzene rings is 2. The summed E-state index contributed by atoms with van der Waals surface area (Å²) in [5.74, 6) is -0.979. The van der Waals surface area contributed by atoms with Crippen LogP contribution in [0, 0.1) is 0 Å². The van der Waals surface area contributed by atoms with Gasteiger partial charge in [-0.25, -0.2) is 18.1 Å². The Morgan fingerprint density at radius 1 is 0.941 bits per heavy atom. The van der Waals surface area contributed by atoms with Crippen molar-refractivity contribution in [2.75, 3.05) is 48.8 Å². The lowest BCUT2D eigenvalue weighted by Gasteiger charge is -2.38. The number of ether oxygens (including phenoxy) is 1. The largest absolute Gasteiger partial charge is 0.462 e. The number of sulfone groups is 1. The number of imide groups is 1. The van der Waals surface area contributed by atoms with E-state index in [9.17, 15) is 22.8 Å². The van der Waals surface area contributed by atoms with Gasteiger partial charge in [-0.15, -0.1) is 0 Å². The van der Waals surface area contributed by atoms with Crippen molar-refractivity contribution in [2.45, 2.75) is 24.3 Å². The first kappa shape index (κ1) is 23.9. The molecule has 0 saturated carbocycles. The summed E-state index contributed by atoms with van der Waals surface area (Å²) in [5.41, 5.74) is 1.72. The maximum Gasteiger partial charge on any atom is 0.338 e. The van der Waals surface area contributed by atoms with Crippen LogP contribution >= 0.6 is 0 Å². The molecule has 10 heteroatoms. The summed E-state index contributed by atoms with van der Waals surface area (Å²) < 4.78 is 28.3. The molecule has 0 aromatic heterocycles. The van der Waals surface area contributed by atoms with Crippen LogP contribution in [0.25, 0.3) is 0 Å². The molecule has 2 aromatic carbocycles. The van der Waals surface area contributed by atoms with Gasteiger partial charge in [0.15, 0.2) is 9.84 Å². The molecule has 4 rings (SSSR count). The molecule has 0 unspecified atom stereocenters. The fourth-order valence-corrected chi connectivity index (χ4v) is 4.96. The molecular formula is C24H27N3O6S. The van der Waals surface area contributed by atoms with Crippen LogP contribution in [-0.4, -0.2) is 76.2 Å². The van der Waals surface area contributed by atoms with Gasteiger partial charge < -0.3 is 9.64 Å².